The fourth-order valence-corrected chi connectivity index (χ4v) is 4.13. The van der Waals surface area contributed by atoms with Gasteiger partial charge in [0.1, 0.15) is 0 Å². The van der Waals surface area contributed by atoms with Crippen LogP contribution in [0.15, 0.2) is 29.1 Å². The SMILES string of the molecule is Cn1c(-c2nc3ccccc3n2C2CCC2)nc(C(=O)NC2CNC(=O)C2)c(O)c1=O. The molecule has 3 heterocycles. The Morgan fingerprint density at radius 3 is 2.65 bits per heavy atom. The molecule has 2 aliphatic rings. The first-order chi connectivity index (χ1) is 14.9. The monoisotopic (exact) mass is 422 g/mol. The molecule has 1 saturated carbocycles. The zero-order valence-corrected chi connectivity index (χ0v) is 17.0. The lowest BCUT2D eigenvalue weighted by Crippen LogP contribution is -2.38. The molecule has 3 N–H and O–H groups in total. The zero-order chi connectivity index (χ0) is 21.7. The summed E-state index contributed by atoms with van der Waals surface area (Å²) in [5.41, 5.74) is 0.604. The molecule has 2 fully saturated rings. The standard InChI is InChI=1S/C21H22N6O4/c1-26-18(19-24-13-7-2-3-8-14(13)27(19)12-5-4-6-12)25-16(17(29)21(26)31)20(30)23-11-9-15(28)22-10-11/h2-3,7-8,11-12,29H,4-6,9-10H2,1H3,(H,22,28)(H,23,30). The summed E-state index contributed by atoms with van der Waals surface area (Å²) in [6, 6.07) is 7.50. The maximum atomic E-state index is 12.8. The Kier molecular flexibility index (Phi) is 4.49. The number of aromatic hydroxyl groups is 1. The maximum Gasteiger partial charge on any atom is 0.296 e. The van der Waals surface area contributed by atoms with Crippen LogP contribution in [0.4, 0.5) is 0 Å². The Morgan fingerprint density at radius 2 is 1.97 bits per heavy atom. The third-order valence-corrected chi connectivity index (χ3v) is 6.03. The zero-order valence-electron chi connectivity index (χ0n) is 17.0. The molecule has 0 bridgehead atoms. The van der Waals surface area contributed by atoms with Gasteiger partial charge in [0.05, 0.1) is 17.1 Å². The highest BCUT2D eigenvalue weighted by Gasteiger charge is 2.30. The number of amides is 2. The van der Waals surface area contributed by atoms with Crippen molar-refractivity contribution in [3.8, 4) is 17.4 Å². The number of carbonyl (C=O) groups is 2. The van der Waals surface area contributed by atoms with Crippen LogP contribution in [0, 0.1) is 0 Å². The van der Waals surface area contributed by atoms with Crippen molar-refractivity contribution in [2.75, 3.05) is 6.54 Å². The van der Waals surface area contributed by atoms with Crippen molar-refractivity contribution in [2.45, 2.75) is 37.8 Å². The van der Waals surface area contributed by atoms with E-state index < -0.39 is 23.3 Å². The first kappa shape index (κ1) is 19.3. The number of imidazole rings is 1. The molecule has 2 amide bonds. The van der Waals surface area contributed by atoms with Crippen molar-refractivity contribution in [1.82, 2.24) is 29.7 Å². The quantitative estimate of drug-likeness (QED) is 0.571. The molecular formula is C21H22N6O4. The first-order valence-corrected chi connectivity index (χ1v) is 10.3. The van der Waals surface area contributed by atoms with Gasteiger partial charge in [-0.15, -0.1) is 0 Å². The van der Waals surface area contributed by atoms with Gasteiger partial charge in [-0.25, -0.2) is 9.97 Å². The summed E-state index contributed by atoms with van der Waals surface area (Å²) in [6.45, 7) is 0.292. The predicted molar refractivity (Wildman–Crippen MR) is 112 cm³/mol. The van der Waals surface area contributed by atoms with E-state index in [1.807, 2.05) is 24.3 Å². The summed E-state index contributed by atoms with van der Waals surface area (Å²) in [4.78, 5) is 46.0. The highest BCUT2D eigenvalue weighted by atomic mass is 16.3. The Hall–Kier alpha value is -3.69. The summed E-state index contributed by atoms with van der Waals surface area (Å²) in [5.74, 6) is -0.910. The molecule has 1 unspecified atom stereocenters. The van der Waals surface area contributed by atoms with Crippen LogP contribution in [0.3, 0.4) is 0 Å². The third kappa shape index (κ3) is 3.15. The van der Waals surface area contributed by atoms with Gasteiger partial charge in [0.2, 0.25) is 11.7 Å². The molecule has 1 aliphatic carbocycles. The van der Waals surface area contributed by atoms with Gasteiger partial charge in [0, 0.05) is 26.1 Å². The van der Waals surface area contributed by atoms with Gasteiger partial charge < -0.3 is 20.3 Å². The number of nitrogens with one attached hydrogen (secondary N) is 2. The van der Waals surface area contributed by atoms with Gasteiger partial charge in [0.15, 0.2) is 17.3 Å². The highest BCUT2D eigenvalue weighted by Crippen LogP contribution is 2.38. The molecule has 1 saturated heterocycles. The topological polar surface area (TPSA) is 131 Å². The van der Waals surface area contributed by atoms with Gasteiger partial charge in [-0.05, 0) is 31.4 Å². The Balaban J connectivity index is 1.63. The smallest absolute Gasteiger partial charge is 0.296 e. The molecule has 31 heavy (non-hydrogen) atoms. The van der Waals surface area contributed by atoms with Crippen molar-refractivity contribution >= 4 is 22.8 Å². The molecule has 10 nitrogen and oxygen atoms in total. The number of aromatic nitrogens is 4. The van der Waals surface area contributed by atoms with Crippen molar-refractivity contribution in [3.05, 3.63) is 40.3 Å². The lowest BCUT2D eigenvalue weighted by molar-refractivity contribution is -0.119. The van der Waals surface area contributed by atoms with E-state index in [2.05, 4.69) is 20.2 Å². The van der Waals surface area contributed by atoms with E-state index in [0.717, 1.165) is 30.3 Å². The lowest BCUT2D eigenvalue weighted by Gasteiger charge is -2.29. The van der Waals surface area contributed by atoms with E-state index in [1.54, 1.807) is 0 Å². The molecule has 10 heteroatoms. The number of carbonyl (C=O) groups excluding carboxylic acids is 2. The molecule has 0 radical (unpaired) electrons. The van der Waals surface area contributed by atoms with Crippen LogP contribution in [0.25, 0.3) is 22.7 Å². The highest BCUT2D eigenvalue weighted by molar-refractivity contribution is 5.96. The lowest BCUT2D eigenvalue weighted by atomic mass is 9.92. The minimum Gasteiger partial charge on any atom is -0.501 e. The molecule has 5 rings (SSSR count). The molecule has 3 aromatic rings. The third-order valence-electron chi connectivity index (χ3n) is 6.03. The second-order valence-corrected chi connectivity index (χ2v) is 8.05. The van der Waals surface area contributed by atoms with E-state index in [-0.39, 0.29) is 29.9 Å². The summed E-state index contributed by atoms with van der Waals surface area (Å²) in [6.07, 6.45) is 3.24. The molecular weight excluding hydrogens is 400 g/mol. The van der Waals surface area contributed by atoms with Crippen LogP contribution >= 0.6 is 0 Å². The van der Waals surface area contributed by atoms with Gasteiger partial charge in [-0.2, -0.15) is 0 Å². The summed E-state index contributed by atoms with van der Waals surface area (Å²) in [5, 5.41) is 15.6. The number of hydrogen-bond donors (Lipinski definition) is 3. The van der Waals surface area contributed by atoms with Crippen LogP contribution < -0.4 is 16.2 Å². The van der Waals surface area contributed by atoms with Crippen LogP contribution in [0.1, 0.15) is 42.2 Å². The second kappa shape index (κ2) is 7.22. The minimum atomic E-state index is -0.733. The molecule has 1 aliphatic heterocycles. The summed E-state index contributed by atoms with van der Waals surface area (Å²) in [7, 11) is 1.50. The Bertz CT molecular complexity index is 1270. The number of benzene rings is 1. The van der Waals surface area contributed by atoms with Crippen LogP contribution in [-0.2, 0) is 11.8 Å². The van der Waals surface area contributed by atoms with E-state index in [4.69, 9.17) is 4.98 Å². The van der Waals surface area contributed by atoms with Crippen molar-refractivity contribution in [2.24, 2.45) is 7.05 Å². The largest absolute Gasteiger partial charge is 0.501 e. The maximum absolute atomic E-state index is 12.8. The fraction of sp³-hybridized carbons (Fsp3) is 0.381. The van der Waals surface area contributed by atoms with E-state index in [1.165, 1.54) is 11.6 Å². The Morgan fingerprint density at radius 1 is 1.19 bits per heavy atom. The van der Waals surface area contributed by atoms with Gasteiger partial charge in [0.25, 0.3) is 11.5 Å². The molecule has 1 aromatic carbocycles. The van der Waals surface area contributed by atoms with Crippen molar-refractivity contribution in [1.29, 1.82) is 0 Å². The van der Waals surface area contributed by atoms with Gasteiger partial charge in [-0.1, -0.05) is 12.1 Å². The van der Waals surface area contributed by atoms with Gasteiger partial charge >= 0.3 is 0 Å². The van der Waals surface area contributed by atoms with Crippen LogP contribution in [-0.4, -0.2) is 48.6 Å². The summed E-state index contributed by atoms with van der Waals surface area (Å²) < 4.78 is 3.28. The number of rotatable bonds is 4. The average molecular weight is 422 g/mol. The van der Waals surface area contributed by atoms with Crippen LogP contribution in [0.2, 0.25) is 0 Å². The van der Waals surface area contributed by atoms with Crippen molar-refractivity contribution < 1.29 is 14.7 Å². The number of fused-ring (bicyclic) bond motifs is 1. The molecule has 1 atom stereocenters. The average Bonchev–Trinajstić information content (AvgIpc) is 3.29. The first-order valence-electron chi connectivity index (χ1n) is 10.3. The molecule has 0 spiro atoms. The van der Waals surface area contributed by atoms with E-state index >= 15 is 0 Å². The normalized spacial score (nSPS) is 18.7. The van der Waals surface area contributed by atoms with Gasteiger partial charge in [-0.3, -0.25) is 19.0 Å². The summed E-state index contributed by atoms with van der Waals surface area (Å²) >= 11 is 0. The Labute approximate surface area is 176 Å². The number of hydrogen-bond acceptors (Lipinski definition) is 6. The van der Waals surface area contributed by atoms with Crippen LogP contribution in [0.5, 0.6) is 5.75 Å². The predicted octanol–water partition coefficient (Wildman–Crippen LogP) is 0.846. The minimum absolute atomic E-state index is 0.141. The number of para-hydroxylation sites is 2. The second-order valence-electron chi connectivity index (χ2n) is 8.05. The fourth-order valence-electron chi connectivity index (χ4n) is 4.13. The van der Waals surface area contributed by atoms with Crippen molar-refractivity contribution in [3.63, 3.8) is 0 Å². The van der Waals surface area contributed by atoms with E-state index in [0.29, 0.717) is 12.4 Å². The molecule has 2 aromatic heterocycles. The number of nitrogens with zero attached hydrogens (tertiary/aromatic N) is 4. The molecule has 160 valence electrons. The van der Waals surface area contributed by atoms with E-state index in [9.17, 15) is 19.5 Å².